The van der Waals surface area contributed by atoms with Gasteiger partial charge in [0.25, 0.3) is 0 Å². The van der Waals surface area contributed by atoms with E-state index < -0.39 is 6.10 Å². The summed E-state index contributed by atoms with van der Waals surface area (Å²) in [5.41, 5.74) is 3.04. The molecule has 0 fully saturated rings. The molecule has 18 heavy (non-hydrogen) atoms. The van der Waals surface area contributed by atoms with E-state index in [1.165, 1.54) is 5.56 Å². The Balaban J connectivity index is 2.20. The number of aliphatic hydroxyl groups excluding tert-OH is 1. The lowest BCUT2D eigenvalue weighted by molar-refractivity contribution is 0.220. The molecule has 3 heteroatoms. The zero-order valence-electron chi connectivity index (χ0n) is 11.2. The molecule has 0 aliphatic carbocycles. The van der Waals surface area contributed by atoms with E-state index in [4.69, 9.17) is 0 Å². The molecule has 1 atom stereocenters. The molecule has 0 amide bonds. The zero-order valence-corrected chi connectivity index (χ0v) is 11.2. The van der Waals surface area contributed by atoms with Crippen molar-refractivity contribution in [3.8, 4) is 0 Å². The van der Waals surface area contributed by atoms with Gasteiger partial charge in [-0.25, -0.2) is 0 Å². The van der Waals surface area contributed by atoms with E-state index in [2.05, 4.69) is 31.1 Å². The number of hydrogen-bond acceptors (Lipinski definition) is 2. The summed E-state index contributed by atoms with van der Waals surface area (Å²) in [7, 11) is 0. The average Bonchev–Trinajstić information content (AvgIpc) is 2.86. The predicted molar refractivity (Wildman–Crippen MR) is 72.5 cm³/mol. The predicted octanol–water partition coefficient (Wildman–Crippen LogP) is 3.11. The average molecular weight is 244 g/mol. The molecule has 1 aromatic carbocycles. The lowest BCUT2D eigenvalue weighted by atomic mass is 9.98. The first-order chi connectivity index (χ1) is 8.61. The lowest BCUT2D eigenvalue weighted by Gasteiger charge is -2.11. The van der Waals surface area contributed by atoms with Gasteiger partial charge < -0.3 is 5.11 Å². The third kappa shape index (κ3) is 2.62. The first-order valence-electron chi connectivity index (χ1n) is 6.42. The van der Waals surface area contributed by atoms with E-state index in [-0.39, 0.29) is 0 Å². The van der Waals surface area contributed by atoms with Crippen LogP contribution in [0.25, 0.3) is 0 Å². The maximum absolute atomic E-state index is 10.3. The van der Waals surface area contributed by atoms with Crippen LogP contribution in [0.1, 0.15) is 49.5 Å². The van der Waals surface area contributed by atoms with Gasteiger partial charge in [0.2, 0.25) is 0 Å². The maximum Gasteiger partial charge on any atom is 0.107 e. The Morgan fingerprint density at radius 2 is 1.72 bits per heavy atom. The lowest BCUT2D eigenvalue weighted by Crippen LogP contribution is -1.99. The van der Waals surface area contributed by atoms with Crippen LogP contribution in [0, 0.1) is 0 Å². The van der Waals surface area contributed by atoms with Gasteiger partial charge in [-0.15, -0.1) is 0 Å². The van der Waals surface area contributed by atoms with Crippen molar-refractivity contribution in [3.63, 3.8) is 0 Å². The first kappa shape index (κ1) is 12.8. The van der Waals surface area contributed by atoms with Gasteiger partial charge >= 0.3 is 0 Å². The van der Waals surface area contributed by atoms with Crippen LogP contribution in [0.15, 0.2) is 36.7 Å². The van der Waals surface area contributed by atoms with Gasteiger partial charge in [-0.05, 0) is 24.0 Å². The highest BCUT2D eigenvalue weighted by Crippen LogP contribution is 2.23. The summed E-state index contributed by atoms with van der Waals surface area (Å²) in [6, 6.07) is 8.13. The molecule has 0 spiro atoms. The number of aliphatic hydroxyl groups is 1. The van der Waals surface area contributed by atoms with Crippen molar-refractivity contribution in [2.45, 2.75) is 39.3 Å². The van der Waals surface area contributed by atoms with E-state index in [0.717, 1.165) is 17.7 Å². The summed E-state index contributed by atoms with van der Waals surface area (Å²) >= 11 is 0. The van der Waals surface area contributed by atoms with Gasteiger partial charge in [0, 0.05) is 18.3 Å². The number of rotatable bonds is 4. The number of aryl methyl sites for hydroxylation is 1. The van der Waals surface area contributed by atoms with Gasteiger partial charge in [-0.2, -0.15) is 5.10 Å². The summed E-state index contributed by atoms with van der Waals surface area (Å²) in [4.78, 5) is 0. The van der Waals surface area contributed by atoms with Crippen molar-refractivity contribution in [2.75, 3.05) is 0 Å². The Labute approximate surface area is 108 Å². The highest BCUT2D eigenvalue weighted by molar-refractivity contribution is 5.31. The third-order valence-corrected chi connectivity index (χ3v) is 3.21. The van der Waals surface area contributed by atoms with Crippen molar-refractivity contribution in [1.29, 1.82) is 0 Å². The fraction of sp³-hybridized carbons (Fsp3) is 0.400. The molecular weight excluding hydrogens is 224 g/mol. The molecule has 1 unspecified atom stereocenters. The monoisotopic (exact) mass is 244 g/mol. The van der Waals surface area contributed by atoms with Crippen LogP contribution in [-0.2, 0) is 6.54 Å². The van der Waals surface area contributed by atoms with Crippen LogP contribution < -0.4 is 0 Å². The second-order valence-corrected chi connectivity index (χ2v) is 4.85. The third-order valence-electron chi connectivity index (χ3n) is 3.21. The summed E-state index contributed by atoms with van der Waals surface area (Å²) in [5.74, 6) is 0.513. The summed E-state index contributed by atoms with van der Waals surface area (Å²) in [5, 5.41) is 14.5. The molecule has 0 saturated heterocycles. The molecule has 0 aliphatic heterocycles. The minimum absolute atomic E-state index is 0.513. The molecule has 0 saturated carbocycles. The van der Waals surface area contributed by atoms with E-state index >= 15 is 0 Å². The van der Waals surface area contributed by atoms with Crippen LogP contribution in [-0.4, -0.2) is 14.9 Å². The van der Waals surface area contributed by atoms with Gasteiger partial charge in [0.1, 0.15) is 6.10 Å². The summed E-state index contributed by atoms with van der Waals surface area (Å²) in [6.45, 7) is 7.17. The van der Waals surface area contributed by atoms with Gasteiger partial charge in [0.05, 0.1) is 6.20 Å². The minimum atomic E-state index is -0.591. The Morgan fingerprint density at radius 1 is 1.11 bits per heavy atom. The SMILES string of the molecule is CCn1cc(C(O)c2ccc(C(C)C)cc2)cn1. The molecular formula is C15H20N2O. The first-order valence-corrected chi connectivity index (χ1v) is 6.42. The summed E-state index contributed by atoms with van der Waals surface area (Å²) in [6.07, 6.45) is 3.03. The standard InChI is InChI=1S/C15H20N2O/c1-4-17-10-14(9-16-17)15(18)13-7-5-12(6-8-13)11(2)3/h5-11,15,18H,4H2,1-3H3. The zero-order chi connectivity index (χ0) is 13.1. The molecule has 1 aromatic heterocycles. The Kier molecular flexibility index (Phi) is 3.82. The Hall–Kier alpha value is -1.61. The van der Waals surface area contributed by atoms with Crippen molar-refractivity contribution in [1.82, 2.24) is 9.78 Å². The molecule has 0 bridgehead atoms. The molecule has 2 aromatic rings. The molecule has 0 aliphatic rings. The molecule has 2 rings (SSSR count). The fourth-order valence-corrected chi connectivity index (χ4v) is 1.95. The van der Waals surface area contributed by atoms with E-state index in [1.54, 1.807) is 6.20 Å². The van der Waals surface area contributed by atoms with Gasteiger partial charge in [-0.3, -0.25) is 4.68 Å². The second kappa shape index (κ2) is 5.36. The van der Waals surface area contributed by atoms with Crippen molar-refractivity contribution in [3.05, 3.63) is 53.3 Å². The van der Waals surface area contributed by atoms with Gasteiger partial charge in [-0.1, -0.05) is 38.1 Å². The molecule has 1 N–H and O–H groups in total. The van der Waals surface area contributed by atoms with Crippen LogP contribution in [0.3, 0.4) is 0 Å². The molecule has 1 heterocycles. The normalized spacial score (nSPS) is 12.9. The van der Waals surface area contributed by atoms with Gasteiger partial charge in [0.15, 0.2) is 0 Å². The van der Waals surface area contributed by atoms with Crippen LogP contribution in [0.2, 0.25) is 0 Å². The highest BCUT2D eigenvalue weighted by Gasteiger charge is 2.12. The Bertz CT molecular complexity index is 499. The van der Waals surface area contributed by atoms with E-state index in [0.29, 0.717) is 5.92 Å². The highest BCUT2D eigenvalue weighted by atomic mass is 16.3. The quantitative estimate of drug-likeness (QED) is 0.897. The molecule has 3 nitrogen and oxygen atoms in total. The minimum Gasteiger partial charge on any atom is -0.384 e. The smallest absolute Gasteiger partial charge is 0.107 e. The van der Waals surface area contributed by atoms with Crippen molar-refractivity contribution < 1.29 is 5.11 Å². The number of aromatic nitrogens is 2. The van der Waals surface area contributed by atoms with Crippen molar-refractivity contribution in [2.24, 2.45) is 0 Å². The summed E-state index contributed by atoms with van der Waals surface area (Å²) < 4.78 is 1.82. The Morgan fingerprint density at radius 3 is 2.22 bits per heavy atom. The van der Waals surface area contributed by atoms with Crippen LogP contribution >= 0.6 is 0 Å². The number of benzene rings is 1. The fourth-order valence-electron chi connectivity index (χ4n) is 1.95. The largest absolute Gasteiger partial charge is 0.384 e. The van der Waals surface area contributed by atoms with Crippen molar-refractivity contribution >= 4 is 0 Å². The van der Waals surface area contributed by atoms with Crippen LogP contribution in [0.4, 0.5) is 0 Å². The second-order valence-electron chi connectivity index (χ2n) is 4.85. The maximum atomic E-state index is 10.3. The van der Waals surface area contributed by atoms with Crippen LogP contribution in [0.5, 0.6) is 0 Å². The number of nitrogens with zero attached hydrogens (tertiary/aromatic N) is 2. The number of hydrogen-bond donors (Lipinski definition) is 1. The van der Waals surface area contributed by atoms with E-state index in [9.17, 15) is 5.11 Å². The van der Waals surface area contributed by atoms with E-state index in [1.807, 2.05) is 29.9 Å². The molecule has 96 valence electrons. The molecule has 0 radical (unpaired) electrons. The topological polar surface area (TPSA) is 38.0 Å².